The first-order valence-electron chi connectivity index (χ1n) is 8.75. The monoisotopic (exact) mass is 502 g/mol. The second kappa shape index (κ2) is 11.1. The van der Waals surface area contributed by atoms with E-state index in [-0.39, 0.29) is 29.3 Å². The van der Waals surface area contributed by atoms with E-state index in [4.69, 9.17) is 27.9 Å². The summed E-state index contributed by atoms with van der Waals surface area (Å²) in [7, 11) is 0. The minimum atomic E-state index is -0.100. The number of thioether (sulfide) groups is 1. The van der Waals surface area contributed by atoms with Crippen LogP contribution < -0.4 is 9.64 Å². The SMILES string of the molecule is Br.CCOc1ccccc1N(CC(=O)c1ccc(Cl)cc1Cl)C1=NCCCS1. The van der Waals surface area contributed by atoms with Crippen molar-refractivity contribution in [1.82, 2.24) is 0 Å². The highest BCUT2D eigenvalue weighted by molar-refractivity contribution is 8.93. The first-order valence-corrected chi connectivity index (χ1v) is 10.5. The second-order valence-electron chi connectivity index (χ2n) is 5.90. The molecule has 4 nitrogen and oxygen atoms in total. The Labute approximate surface area is 190 Å². The number of amidine groups is 1. The maximum atomic E-state index is 13.0. The summed E-state index contributed by atoms with van der Waals surface area (Å²) in [6, 6.07) is 12.6. The summed E-state index contributed by atoms with van der Waals surface area (Å²) >= 11 is 13.8. The standard InChI is InChI=1S/C20H20Cl2N2O2S.BrH/c1-2-26-19-7-4-3-6-17(19)24(20-23-10-5-11-27-20)13-18(25)15-9-8-14(21)12-16(15)22;/h3-4,6-9,12H,2,5,10-11,13H2,1H3;1H. The molecule has 0 atom stereocenters. The number of nitrogens with zero attached hydrogens (tertiary/aromatic N) is 2. The minimum Gasteiger partial charge on any atom is -0.492 e. The second-order valence-corrected chi connectivity index (χ2v) is 7.81. The Morgan fingerprint density at radius 3 is 2.71 bits per heavy atom. The van der Waals surface area contributed by atoms with Gasteiger partial charge in [0.05, 0.1) is 23.9 Å². The van der Waals surface area contributed by atoms with Gasteiger partial charge in [0.15, 0.2) is 11.0 Å². The zero-order valence-electron chi connectivity index (χ0n) is 15.4. The molecule has 3 rings (SSSR count). The predicted octanol–water partition coefficient (Wildman–Crippen LogP) is 6.15. The van der Waals surface area contributed by atoms with E-state index in [2.05, 4.69) is 4.99 Å². The van der Waals surface area contributed by atoms with Crippen LogP contribution in [0.1, 0.15) is 23.7 Å². The van der Waals surface area contributed by atoms with E-state index in [1.54, 1.807) is 30.0 Å². The molecule has 0 saturated heterocycles. The van der Waals surface area contributed by atoms with Gasteiger partial charge in [-0.1, -0.05) is 47.1 Å². The van der Waals surface area contributed by atoms with Crippen molar-refractivity contribution in [3.05, 3.63) is 58.1 Å². The molecule has 0 fully saturated rings. The third-order valence-electron chi connectivity index (χ3n) is 4.00. The lowest BCUT2D eigenvalue weighted by molar-refractivity contribution is 0.100. The number of carbonyl (C=O) groups is 1. The summed E-state index contributed by atoms with van der Waals surface area (Å²) in [6.45, 7) is 3.36. The van der Waals surface area contributed by atoms with Gasteiger partial charge in [0.1, 0.15) is 5.75 Å². The fourth-order valence-electron chi connectivity index (χ4n) is 2.77. The molecular formula is C20H21BrCl2N2O2S. The molecule has 0 N–H and O–H groups in total. The number of hydrogen-bond acceptors (Lipinski definition) is 5. The average Bonchev–Trinajstić information content (AvgIpc) is 2.67. The van der Waals surface area contributed by atoms with E-state index in [1.807, 2.05) is 36.1 Å². The molecule has 1 aliphatic rings. The number of ether oxygens (including phenoxy) is 1. The van der Waals surface area contributed by atoms with E-state index >= 15 is 0 Å². The van der Waals surface area contributed by atoms with Crippen LogP contribution in [0.5, 0.6) is 5.75 Å². The number of aliphatic imine (C=N–C) groups is 1. The van der Waals surface area contributed by atoms with E-state index in [1.165, 1.54) is 0 Å². The van der Waals surface area contributed by atoms with Crippen LogP contribution in [0.15, 0.2) is 47.5 Å². The van der Waals surface area contributed by atoms with Gasteiger partial charge in [0.25, 0.3) is 0 Å². The maximum absolute atomic E-state index is 13.0. The van der Waals surface area contributed by atoms with Gasteiger partial charge in [0, 0.05) is 22.9 Å². The van der Waals surface area contributed by atoms with Crippen molar-refractivity contribution >= 4 is 68.6 Å². The molecule has 0 saturated carbocycles. The van der Waals surface area contributed by atoms with Gasteiger partial charge in [-0.05, 0) is 43.7 Å². The number of hydrogen-bond donors (Lipinski definition) is 0. The molecular weight excluding hydrogens is 483 g/mol. The Hall–Kier alpha value is -1.21. The minimum absolute atomic E-state index is 0. The van der Waals surface area contributed by atoms with Crippen LogP contribution in [0.3, 0.4) is 0 Å². The quantitative estimate of drug-likeness (QED) is 0.443. The lowest BCUT2D eigenvalue weighted by Gasteiger charge is -2.28. The maximum Gasteiger partial charge on any atom is 0.184 e. The summed E-state index contributed by atoms with van der Waals surface area (Å²) in [5, 5.41) is 1.68. The molecule has 28 heavy (non-hydrogen) atoms. The van der Waals surface area contributed by atoms with Crippen LogP contribution >= 0.6 is 51.9 Å². The summed E-state index contributed by atoms with van der Waals surface area (Å²) in [5.74, 6) is 1.60. The van der Waals surface area contributed by atoms with Gasteiger partial charge in [-0.2, -0.15) is 0 Å². The number of benzene rings is 2. The highest BCUT2D eigenvalue weighted by Crippen LogP contribution is 2.32. The molecule has 150 valence electrons. The lowest BCUT2D eigenvalue weighted by atomic mass is 10.1. The summed E-state index contributed by atoms with van der Waals surface area (Å²) in [5.41, 5.74) is 1.27. The molecule has 1 aliphatic heterocycles. The first kappa shape index (κ1) is 23.1. The predicted molar refractivity (Wildman–Crippen MR) is 125 cm³/mol. The number of ketones is 1. The lowest BCUT2D eigenvalue weighted by Crippen LogP contribution is -2.36. The third kappa shape index (κ3) is 5.66. The van der Waals surface area contributed by atoms with Crippen molar-refractivity contribution in [2.75, 3.05) is 30.3 Å². The van der Waals surface area contributed by atoms with Crippen molar-refractivity contribution in [3.63, 3.8) is 0 Å². The zero-order chi connectivity index (χ0) is 19.2. The van der Waals surface area contributed by atoms with Crippen molar-refractivity contribution in [3.8, 4) is 5.75 Å². The normalized spacial score (nSPS) is 13.3. The molecule has 2 aromatic rings. The molecule has 0 aromatic heterocycles. The summed E-state index contributed by atoms with van der Waals surface area (Å²) in [4.78, 5) is 19.6. The third-order valence-corrected chi connectivity index (χ3v) is 5.65. The molecule has 2 aromatic carbocycles. The highest BCUT2D eigenvalue weighted by Gasteiger charge is 2.24. The fourth-order valence-corrected chi connectivity index (χ4v) is 4.24. The summed E-state index contributed by atoms with van der Waals surface area (Å²) < 4.78 is 5.77. The fraction of sp³-hybridized carbons (Fsp3) is 0.300. The van der Waals surface area contributed by atoms with Crippen molar-refractivity contribution in [2.45, 2.75) is 13.3 Å². The number of anilines is 1. The Balaban J connectivity index is 0.00000280. The van der Waals surface area contributed by atoms with Crippen LogP contribution in [0.25, 0.3) is 0 Å². The van der Waals surface area contributed by atoms with Crippen LogP contribution in [0.4, 0.5) is 5.69 Å². The number of carbonyl (C=O) groups excluding carboxylic acids is 1. The first-order chi connectivity index (χ1) is 13.1. The Morgan fingerprint density at radius 2 is 2.04 bits per heavy atom. The van der Waals surface area contributed by atoms with Gasteiger partial charge in [-0.25, -0.2) is 0 Å². The van der Waals surface area contributed by atoms with Crippen molar-refractivity contribution in [2.24, 2.45) is 4.99 Å². The van der Waals surface area contributed by atoms with Crippen LogP contribution in [-0.2, 0) is 0 Å². The molecule has 8 heteroatoms. The smallest absolute Gasteiger partial charge is 0.184 e. The molecule has 0 spiro atoms. The van der Waals surface area contributed by atoms with E-state index in [0.29, 0.717) is 22.2 Å². The Bertz CT molecular complexity index is 864. The number of para-hydroxylation sites is 2. The topological polar surface area (TPSA) is 41.9 Å². The Morgan fingerprint density at radius 1 is 1.25 bits per heavy atom. The largest absolute Gasteiger partial charge is 0.492 e. The van der Waals surface area contributed by atoms with Gasteiger partial charge < -0.3 is 9.64 Å². The molecule has 0 aliphatic carbocycles. The van der Waals surface area contributed by atoms with Crippen LogP contribution in [0, 0.1) is 0 Å². The number of Topliss-reactive ketones (excluding diaryl/α,β-unsaturated/α-hetero) is 1. The zero-order valence-corrected chi connectivity index (χ0v) is 19.4. The van der Waals surface area contributed by atoms with Crippen molar-refractivity contribution in [1.29, 1.82) is 0 Å². The van der Waals surface area contributed by atoms with E-state index in [9.17, 15) is 4.79 Å². The van der Waals surface area contributed by atoms with Crippen LogP contribution in [0.2, 0.25) is 10.0 Å². The van der Waals surface area contributed by atoms with E-state index < -0.39 is 0 Å². The highest BCUT2D eigenvalue weighted by atomic mass is 79.9. The van der Waals surface area contributed by atoms with E-state index in [0.717, 1.165) is 35.3 Å². The Kier molecular flexibility index (Phi) is 9.15. The van der Waals surface area contributed by atoms with Crippen LogP contribution in [-0.4, -0.2) is 36.4 Å². The molecule has 0 amide bonds. The van der Waals surface area contributed by atoms with Gasteiger partial charge in [-0.15, -0.1) is 17.0 Å². The van der Waals surface area contributed by atoms with Gasteiger partial charge >= 0.3 is 0 Å². The summed E-state index contributed by atoms with van der Waals surface area (Å²) in [6.07, 6.45) is 1.03. The van der Waals surface area contributed by atoms with Gasteiger partial charge in [0.2, 0.25) is 0 Å². The number of halogens is 3. The number of rotatable bonds is 6. The molecule has 0 unspecified atom stereocenters. The molecule has 0 radical (unpaired) electrons. The van der Waals surface area contributed by atoms with Gasteiger partial charge in [-0.3, -0.25) is 9.79 Å². The molecule has 0 bridgehead atoms. The molecule has 1 heterocycles. The van der Waals surface area contributed by atoms with Crippen molar-refractivity contribution < 1.29 is 9.53 Å². The average molecular weight is 504 g/mol.